The summed E-state index contributed by atoms with van der Waals surface area (Å²) in [5.74, 6) is -0.255. The Labute approximate surface area is 140 Å². The highest BCUT2D eigenvalue weighted by Gasteiger charge is 2.19. The Morgan fingerprint density at radius 1 is 1.17 bits per heavy atom. The van der Waals surface area contributed by atoms with E-state index in [1.807, 2.05) is 55.5 Å². The third-order valence-electron chi connectivity index (χ3n) is 3.67. The maximum atomic E-state index is 12.9. The van der Waals surface area contributed by atoms with Crippen molar-refractivity contribution in [2.75, 3.05) is 11.4 Å². The minimum absolute atomic E-state index is 0.251. The van der Waals surface area contributed by atoms with Gasteiger partial charge in [-0.25, -0.2) is 4.98 Å². The lowest BCUT2D eigenvalue weighted by Crippen LogP contribution is -2.32. The lowest BCUT2D eigenvalue weighted by Gasteiger charge is -2.21. The molecule has 0 radical (unpaired) electrons. The van der Waals surface area contributed by atoms with Crippen LogP contribution in [0.5, 0.6) is 0 Å². The average molecular weight is 316 g/mol. The van der Waals surface area contributed by atoms with Crippen LogP contribution >= 0.6 is 0 Å². The number of hydrogen-bond acceptors (Lipinski definition) is 4. The zero-order valence-corrected chi connectivity index (χ0v) is 13.3. The van der Waals surface area contributed by atoms with Crippen molar-refractivity contribution in [3.8, 4) is 6.07 Å². The first-order valence-corrected chi connectivity index (χ1v) is 7.66. The van der Waals surface area contributed by atoms with Crippen LogP contribution in [0.1, 0.15) is 22.5 Å². The lowest BCUT2D eigenvalue weighted by molar-refractivity contribution is 0.0982. The number of aromatic nitrogens is 2. The summed E-state index contributed by atoms with van der Waals surface area (Å²) in [4.78, 5) is 23.2. The summed E-state index contributed by atoms with van der Waals surface area (Å²) in [5, 5.41) is 8.89. The zero-order valence-electron chi connectivity index (χ0n) is 13.3. The predicted octanol–water partition coefficient (Wildman–Crippen LogP) is 3.50. The number of anilines is 1. The van der Waals surface area contributed by atoms with Crippen LogP contribution in [0.2, 0.25) is 0 Å². The van der Waals surface area contributed by atoms with Gasteiger partial charge < -0.3 is 4.90 Å². The van der Waals surface area contributed by atoms with Crippen LogP contribution in [0.3, 0.4) is 0 Å². The minimum Gasteiger partial charge on any atom is -0.306 e. The molecular formula is C19H16N4O. The Morgan fingerprint density at radius 3 is 2.71 bits per heavy atom. The van der Waals surface area contributed by atoms with Gasteiger partial charge in [0.1, 0.15) is 5.69 Å². The maximum absolute atomic E-state index is 12.9. The Hall–Kier alpha value is -3.26. The maximum Gasteiger partial charge on any atom is 0.278 e. The second kappa shape index (κ2) is 6.88. The van der Waals surface area contributed by atoms with Crippen molar-refractivity contribution >= 4 is 22.6 Å². The number of carbonyl (C=O) groups excluding carboxylic acids is 1. The molecule has 0 atom stereocenters. The van der Waals surface area contributed by atoms with Gasteiger partial charge in [-0.1, -0.05) is 24.3 Å². The van der Waals surface area contributed by atoms with E-state index >= 15 is 0 Å². The average Bonchev–Trinajstić information content (AvgIpc) is 2.61. The number of aryl methyl sites for hydroxylation is 1. The zero-order chi connectivity index (χ0) is 16.9. The SMILES string of the molecule is Cc1cccc(N(CCC#N)C(=O)c2cnc3ccccc3n2)c1. The topological polar surface area (TPSA) is 69.9 Å². The first-order chi connectivity index (χ1) is 11.7. The Bertz CT molecular complexity index is 930. The number of nitriles is 1. The van der Waals surface area contributed by atoms with Crippen molar-refractivity contribution in [1.82, 2.24) is 9.97 Å². The van der Waals surface area contributed by atoms with Crippen molar-refractivity contribution in [2.45, 2.75) is 13.3 Å². The number of para-hydroxylation sites is 2. The molecule has 1 amide bonds. The number of hydrogen-bond donors (Lipinski definition) is 0. The summed E-state index contributed by atoms with van der Waals surface area (Å²) in [6.07, 6.45) is 1.74. The number of rotatable bonds is 4. The van der Waals surface area contributed by atoms with E-state index in [1.54, 1.807) is 4.90 Å². The molecule has 1 heterocycles. The van der Waals surface area contributed by atoms with Gasteiger partial charge in [0.05, 0.1) is 29.7 Å². The van der Waals surface area contributed by atoms with Crippen molar-refractivity contribution in [1.29, 1.82) is 5.26 Å². The van der Waals surface area contributed by atoms with Gasteiger partial charge in [0.2, 0.25) is 0 Å². The Morgan fingerprint density at radius 2 is 1.96 bits per heavy atom. The molecule has 0 aliphatic rings. The van der Waals surface area contributed by atoms with Crippen LogP contribution in [0.4, 0.5) is 5.69 Å². The first kappa shape index (κ1) is 15.6. The van der Waals surface area contributed by atoms with E-state index in [2.05, 4.69) is 16.0 Å². The summed E-state index contributed by atoms with van der Waals surface area (Å²) < 4.78 is 0. The standard InChI is InChI=1S/C19H16N4O/c1-14-6-4-7-15(12-14)23(11-5-10-20)19(24)18-13-21-16-8-2-3-9-17(16)22-18/h2-4,6-9,12-13H,5,11H2,1H3. The van der Waals surface area contributed by atoms with Gasteiger partial charge in [-0.05, 0) is 36.8 Å². The van der Waals surface area contributed by atoms with E-state index < -0.39 is 0 Å². The third-order valence-corrected chi connectivity index (χ3v) is 3.67. The number of nitrogens with zero attached hydrogens (tertiary/aromatic N) is 4. The minimum atomic E-state index is -0.255. The number of fused-ring (bicyclic) bond motifs is 1. The normalized spacial score (nSPS) is 10.3. The molecule has 0 spiro atoms. The number of amides is 1. The molecule has 0 unspecified atom stereocenters. The molecule has 3 aromatic rings. The van der Waals surface area contributed by atoms with Crippen LogP contribution in [-0.2, 0) is 0 Å². The molecular weight excluding hydrogens is 300 g/mol. The summed E-state index contributed by atoms with van der Waals surface area (Å²) in [6.45, 7) is 2.28. The van der Waals surface area contributed by atoms with E-state index in [9.17, 15) is 4.79 Å². The molecule has 0 saturated heterocycles. The fourth-order valence-electron chi connectivity index (χ4n) is 2.50. The lowest BCUT2D eigenvalue weighted by atomic mass is 10.2. The first-order valence-electron chi connectivity index (χ1n) is 7.66. The molecule has 3 rings (SSSR count). The Balaban J connectivity index is 1.99. The molecule has 0 bridgehead atoms. The van der Waals surface area contributed by atoms with Gasteiger partial charge in [-0.15, -0.1) is 0 Å². The largest absolute Gasteiger partial charge is 0.306 e. The molecule has 0 saturated carbocycles. The molecule has 118 valence electrons. The second-order valence-electron chi connectivity index (χ2n) is 5.45. The van der Waals surface area contributed by atoms with E-state index in [0.717, 1.165) is 16.8 Å². The molecule has 2 aromatic carbocycles. The highest BCUT2D eigenvalue weighted by molar-refractivity contribution is 6.05. The smallest absolute Gasteiger partial charge is 0.278 e. The highest BCUT2D eigenvalue weighted by atomic mass is 16.2. The molecule has 0 aliphatic carbocycles. The van der Waals surface area contributed by atoms with Crippen molar-refractivity contribution in [2.24, 2.45) is 0 Å². The molecule has 1 aromatic heterocycles. The van der Waals surface area contributed by atoms with Gasteiger partial charge in [0, 0.05) is 12.2 Å². The quantitative estimate of drug-likeness (QED) is 0.738. The fourth-order valence-corrected chi connectivity index (χ4v) is 2.50. The van der Waals surface area contributed by atoms with Crippen LogP contribution in [0, 0.1) is 18.3 Å². The van der Waals surface area contributed by atoms with Crippen LogP contribution in [0.25, 0.3) is 11.0 Å². The molecule has 0 N–H and O–H groups in total. The van der Waals surface area contributed by atoms with Crippen molar-refractivity contribution in [3.05, 3.63) is 66.0 Å². The monoisotopic (exact) mass is 316 g/mol. The summed E-state index contributed by atoms with van der Waals surface area (Å²) in [5.41, 5.74) is 3.49. The van der Waals surface area contributed by atoms with Gasteiger partial charge >= 0.3 is 0 Å². The predicted molar refractivity (Wildman–Crippen MR) is 92.6 cm³/mol. The van der Waals surface area contributed by atoms with Gasteiger partial charge in [0.25, 0.3) is 5.91 Å². The third kappa shape index (κ3) is 3.23. The van der Waals surface area contributed by atoms with Gasteiger partial charge in [0.15, 0.2) is 0 Å². The second-order valence-corrected chi connectivity index (χ2v) is 5.45. The van der Waals surface area contributed by atoms with Crippen molar-refractivity contribution < 1.29 is 4.79 Å². The van der Waals surface area contributed by atoms with E-state index in [-0.39, 0.29) is 18.0 Å². The molecule has 5 nitrogen and oxygen atoms in total. The van der Waals surface area contributed by atoms with E-state index in [1.165, 1.54) is 6.20 Å². The van der Waals surface area contributed by atoms with Gasteiger partial charge in [-0.2, -0.15) is 5.26 Å². The number of benzene rings is 2. The molecule has 24 heavy (non-hydrogen) atoms. The van der Waals surface area contributed by atoms with Crippen LogP contribution < -0.4 is 4.90 Å². The Kier molecular flexibility index (Phi) is 4.48. The number of carbonyl (C=O) groups is 1. The summed E-state index contributed by atoms with van der Waals surface area (Å²) in [6, 6.07) is 17.1. The van der Waals surface area contributed by atoms with Crippen LogP contribution in [0.15, 0.2) is 54.7 Å². The molecule has 5 heteroatoms. The van der Waals surface area contributed by atoms with Crippen molar-refractivity contribution in [3.63, 3.8) is 0 Å². The van der Waals surface area contributed by atoms with E-state index in [0.29, 0.717) is 12.1 Å². The van der Waals surface area contributed by atoms with Crippen LogP contribution in [-0.4, -0.2) is 22.4 Å². The summed E-state index contributed by atoms with van der Waals surface area (Å²) in [7, 11) is 0. The highest BCUT2D eigenvalue weighted by Crippen LogP contribution is 2.19. The van der Waals surface area contributed by atoms with Gasteiger partial charge in [-0.3, -0.25) is 9.78 Å². The molecule has 0 fully saturated rings. The van der Waals surface area contributed by atoms with E-state index in [4.69, 9.17) is 5.26 Å². The molecule has 0 aliphatic heterocycles. The fraction of sp³-hybridized carbons (Fsp3) is 0.158. The summed E-state index contributed by atoms with van der Waals surface area (Å²) >= 11 is 0.